The van der Waals surface area contributed by atoms with E-state index in [2.05, 4.69) is 11.3 Å². The Morgan fingerprint density at radius 2 is 1.84 bits per heavy atom. The first-order valence-corrected chi connectivity index (χ1v) is 6.70. The molecule has 0 aromatic heterocycles. The van der Waals surface area contributed by atoms with Crippen LogP contribution in [0.3, 0.4) is 0 Å². The van der Waals surface area contributed by atoms with E-state index >= 15 is 0 Å². The highest BCUT2D eigenvalue weighted by Crippen LogP contribution is 2.13. The molecule has 104 valence electrons. The summed E-state index contributed by atoms with van der Waals surface area (Å²) in [5.41, 5.74) is 0.541. The molecule has 3 heteroatoms. The molecule has 0 aliphatic rings. The topological polar surface area (TPSA) is 35.5 Å². The summed E-state index contributed by atoms with van der Waals surface area (Å²) in [4.78, 5) is 11.2. The molecule has 0 atom stereocenters. The molecule has 3 nitrogen and oxygen atoms in total. The maximum Gasteiger partial charge on any atom is 0.337 e. The molecule has 0 amide bonds. The van der Waals surface area contributed by atoms with E-state index in [-0.39, 0.29) is 5.97 Å². The van der Waals surface area contributed by atoms with Crippen molar-refractivity contribution in [2.24, 2.45) is 0 Å². The SMILES string of the molecule is C=CCCCCCCOc1ccc(C(=O)OC)cc1. The summed E-state index contributed by atoms with van der Waals surface area (Å²) in [6.07, 6.45) is 7.70. The standard InChI is InChI=1S/C16H22O3/c1-3-4-5-6-7-8-13-19-15-11-9-14(10-12-15)16(17)18-2/h3,9-12H,1,4-8,13H2,2H3. The van der Waals surface area contributed by atoms with E-state index in [1.54, 1.807) is 24.3 Å². The van der Waals surface area contributed by atoms with Gasteiger partial charge in [-0.1, -0.05) is 18.9 Å². The first kappa shape index (κ1) is 15.3. The van der Waals surface area contributed by atoms with Gasteiger partial charge in [-0.25, -0.2) is 4.79 Å². The van der Waals surface area contributed by atoms with Crippen LogP contribution in [-0.4, -0.2) is 19.7 Å². The van der Waals surface area contributed by atoms with Crippen molar-refractivity contribution in [2.75, 3.05) is 13.7 Å². The summed E-state index contributed by atoms with van der Waals surface area (Å²) in [5.74, 6) is 0.465. The fourth-order valence-corrected chi connectivity index (χ4v) is 1.74. The summed E-state index contributed by atoms with van der Waals surface area (Å²) in [6, 6.07) is 7.02. The molecular weight excluding hydrogens is 240 g/mol. The lowest BCUT2D eigenvalue weighted by Gasteiger charge is -2.06. The van der Waals surface area contributed by atoms with Gasteiger partial charge in [-0.2, -0.15) is 0 Å². The molecule has 0 aliphatic carbocycles. The molecule has 0 saturated heterocycles. The zero-order valence-corrected chi connectivity index (χ0v) is 11.6. The highest BCUT2D eigenvalue weighted by Gasteiger charge is 2.04. The average molecular weight is 262 g/mol. The van der Waals surface area contributed by atoms with Crippen molar-refractivity contribution in [1.29, 1.82) is 0 Å². The number of hydrogen-bond acceptors (Lipinski definition) is 3. The van der Waals surface area contributed by atoms with Gasteiger partial charge in [0, 0.05) is 0 Å². The summed E-state index contributed by atoms with van der Waals surface area (Å²) >= 11 is 0. The Morgan fingerprint density at radius 3 is 2.47 bits per heavy atom. The predicted molar refractivity (Wildman–Crippen MR) is 76.6 cm³/mol. The first-order chi connectivity index (χ1) is 9.27. The molecule has 19 heavy (non-hydrogen) atoms. The van der Waals surface area contributed by atoms with Crippen LogP contribution in [0.25, 0.3) is 0 Å². The second-order valence-electron chi connectivity index (χ2n) is 4.36. The Hall–Kier alpha value is -1.77. The Balaban J connectivity index is 2.19. The third-order valence-corrected chi connectivity index (χ3v) is 2.85. The van der Waals surface area contributed by atoms with E-state index in [9.17, 15) is 4.79 Å². The van der Waals surface area contributed by atoms with Crippen LogP contribution in [0.2, 0.25) is 0 Å². The molecule has 0 fully saturated rings. The Bertz CT molecular complexity index is 381. The number of carbonyl (C=O) groups excluding carboxylic acids is 1. The Morgan fingerprint density at radius 1 is 1.16 bits per heavy atom. The molecule has 0 N–H and O–H groups in total. The molecular formula is C16H22O3. The van der Waals surface area contributed by atoms with Crippen molar-refractivity contribution in [3.05, 3.63) is 42.5 Å². The number of allylic oxidation sites excluding steroid dienone is 1. The molecule has 1 aromatic carbocycles. The molecule has 1 rings (SSSR count). The monoisotopic (exact) mass is 262 g/mol. The minimum Gasteiger partial charge on any atom is -0.494 e. The van der Waals surface area contributed by atoms with E-state index in [4.69, 9.17) is 4.74 Å². The van der Waals surface area contributed by atoms with Gasteiger partial charge in [-0.05, 0) is 43.5 Å². The van der Waals surface area contributed by atoms with Gasteiger partial charge in [-0.15, -0.1) is 6.58 Å². The molecule has 0 unspecified atom stereocenters. The quantitative estimate of drug-likeness (QED) is 0.383. The third-order valence-electron chi connectivity index (χ3n) is 2.85. The molecule has 0 aliphatic heterocycles. The molecule has 1 aromatic rings. The number of hydrogen-bond donors (Lipinski definition) is 0. The first-order valence-electron chi connectivity index (χ1n) is 6.70. The summed E-state index contributed by atoms with van der Waals surface area (Å²) in [7, 11) is 1.37. The molecule has 0 radical (unpaired) electrons. The van der Waals surface area contributed by atoms with E-state index in [0.29, 0.717) is 12.2 Å². The van der Waals surface area contributed by atoms with Crippen molar-refractivity contribution in [1.82, 2.24) is 0 Å². The van der Waals surface area contributed by atoms with E-state index in [0.717, 1.165) is 18.6 Å². The van der Waals surface area contributed by atoms with Crippen LogP contribution in [0.1, 0.15) is 42.5 Å². The molecule has 0 bridgehead atoms. The smallest absolute Gasteiger partial charge is 0.337 e. The molecule has 0 heterocycles. The van der Waals surface area contributed by atoms with Crippen molar-refractivity contribution in [2.45, 2.75) is 32.1 Å². The summed E-state index contributed by atoms with van der Waals surface area (Å²) in [5, 5.41) is 0. The van der Waals surface area contributed by atoms with Crippen LogP contribution in [-0.2, 0) is 4.74 Å². The Kier molecular flexibility index (Phi) is 7.40. The van der Waals surface area contributed by atoms with Gasteiger partial charge in [0.25, 0.3) is 0 Å². The number of esters is 1. The van der Waals surface area contributed by atoms with Crippen LogP contribution in [0, 0.1) is 0 Å². The van der Waals surface area contributed by atoms with Gasteiger partial charge in [0.2, 0.25) is 0 Å². The number of ether oxygens (including phenoxy) is 2. The zero-order valence-electron chi connectivity index (χ0n) is 11.6. The summed E-state index contributed by atoms with van der Waals surface area (Å²) in [6.45, 7) is 4.42. The van der Waals surface area contributed by atoms with Gasteiger partial charge in [0.1, 0.15) is 5.75 Å². The van der Waals surface area contributed by atoms with Gasteiger partial charge in [-0.3, -0.25) is 0 Å². The molecule has 0 spiro atoms. The number of methoxy groups -OCH3 is 1. The van der Waals surface area contributed by atoms with E-state index < -0.39 is 0 Å². The van der Waals surface area contributed by atoms with Crippen LogP contribution >= 0.6 is 0 Å². The highest BCUT2D eigenvalue weighted by atomic mass is 16.5. The second kappa shape index (κ2) is 9.20. The number of unbranched alkanes of at least 4 members (excludes halogenated alkanes) is 4. The second-order valence-corrected chi connectivity index (χ2v) is 4.36. The predicted octanol–water partition coefficient (Wildman–Crippen LogP) is 3.99. The van der Waals surface area contributed by atoms with Gasteiger partial charge in [0.15, 0.2) is 0 Å². The number of carbonyl (C=O) groups is 1. The number of rotatable bonds is 9. The lowest BCUT2D eigenvalue weighted by molar-refractivity contribution is 0.0600. The molecule has 0 saturated carbocycles. The van der Waals surface area contributed by atoms with Crippen LogP contribution in [0.4, 0.5) is 0 Å². The van der Waals surface area contributed by atoms with Gasteiger partial charge < -0.3 is 9.47 Å². The Labute approximate surface area is 115 Å². The lowest BCUT2D eigenvalue weighted by atomic mass is 10.1. The average Bonchev–Trinajstić information content (AvgIpc) is 2.46. The fraction of sp³-hybridized carbons (Fsp3) is 0.438. The maximum atomic E-state index is 11.2. The minimum absolute atomic E-state index is 0.325. The van der Waals surface area contributed by atoms with E-state index in [1.165, 1.54) is 26.4 Å². The number of benzene rings is 1. The largest absolute Gasteiger partial charge is 0.494 e. The minimum atomic E-state index is -0.325. The van der Waals surface area contributed by atoms with Gasteiger partial charge in [0.05, 0.1) is 19.3 Å². The van der Waals surface area contributed by atoms with Crippen LogP contribution < -0.4 is 4.74 Å². The van der Waals surface area contributed by atoms with Crippen LogP contribution in [0.5, 0.6) is 5.75 Å². The normalized spacial score (nSPS) is 9.95. The van der Waals surface area contributed by atoms with Crippen molar-refractivity contribution in [3.8, 4) is 5.75 Å². The lowest BCUT2D eigenvalue weighted by Crippen LogP contribution is -2.01. The van der Waals surface area contributed by atoms with Gasteiger partial charge >= 0.3 is 5.97 Å². The third kappa shape index (κ3) is 6.09. The van der Waals surface area contributed by atoms with Crippen molar-refractivity contribution >= 4 is 5.97 Å². The van der Waals surface area contributed by atoms with Crippen molar-refractivity contribution < 1.29 is 14.3 Å². The highest BCUT2D eigenvalue weighted by molar-refractivity contribution is 5.89. The summed E-state index contributed by atoms with van der Waals surface area (Å²) < 4.78 is 10.2. The maximum absolute atomic E-state index is 11.2. The van der Waals surface area contributed by atoms with E-state index in [1.807, 2.05) is 6.08 Å². The van der Waals surface area contributed by atoms with Crippen molar-refractivity contribution in [3.63, 3.8) is 0 Å². The van der Waals surface area contributed by atoms with Crippen LogP contribution in [0.15, 0.2) is 36.9 Å². The zero-order chi connectivity index (χ0) is 13.9. The fourth-order valence-electron chi connectivity index (χ4n) is 1.74.